The van der Waals surface area contributed by atoms with Crippen molar-refractivity contribution < 1.29 is 0 Å². The molecule has 1 aliphatic rings. The molecule has 0 saturated carbocycles. The van der Waals surface area contributed by atoms with Crippen molar-refractivity contribution in [3.05, 3.63) is 108 Å². The molecule has 0 spiro atoms. The monoisotopic (exact) mass is 617 g/mol. The quantitative estimate of drug-likeness (QED) is 0.179. The van der Waals surface area contributed by atoms with E-state index in [4.69, 9.17) is 0 Å². The molecule has 1 aromatic heterocycles. The van der Waals surface area contributed by atoms with Crippen LogP contribution in [0.25, 0.3) is 55.6 Å². The summed E-state index contributed by atoms with van der Waals surface area (Å²) in [6.45, 7) is 4.32. The molecule has 1 aliphatic carbocycles. The Labute approximate surface area is 210 Å². The first-order valence-corrected chi connectivity index (χ1v) is 13.0. The normalized spacial score (nSPS) is 11.5. The second-order valence-electron chi connectivity index (χ2n) is 8.70. The molecule has 0 amide bonds. The van der Waals surface area contributed by atoms with Crippen molar-refractivity contribution in [3.63, 3.8) is 0 Å². The third-order valence-corrected chi connectivity index (χ3v) is 7.45. The summed E-state index contributed by atoms with van der Waals surface area (Å²) in [5.41, 5.74) is 15.2. The van der Waals surface area contributed by atoms with Gasteiger partial charge in [0.05, 0.1) is 0 Å². The van der Waals surface area contributed by atoms with Gasteiger partial charge in [0.15, 0.2) is 0 Å². The number of rotatable bonds is 1. The van der Waals surface area contributed by atoms with Gasteiger partial charge in [-0.25, -0.2) is 0 Å². The fourth-order valence-electron chi connectivity index (χ4n) is 5.13. The van der Waals surface area contributed by atoms with E-state index in [-0.39, 0.29) is 0 Å². The van der Waals surface area contributed by atoms with Crippen LogP contribution in [0.4, 0.5) is 0 Å². The maximum atomic E-state index is 4.64. The average Bonchev–Trinajstić information content (AvgIpc) is 2.82. The number of aryl methyl sites for hydroxylation is 2. The van der Waals surface area contributed by atoms with E-state index >= 15 is 0 Å². The van der Waals surface area contributed by atoms with Gasteiger partial charge in [-0.2, -0.15) is 0 Å². The van der Waals surface area contributed by atoms with Gasteiger partial charge < -0.3 is 0 Å². The number of benzene rings is 4. The van der Waals surface area contributed by atoms with Gasteiger partial charge in [-0.3, -0.25) is 0 Å². The minimum atomic E-state index is 1.08. The summed E-state index contributed by atoms with van der Waals surface area (Å²) in [6, 6.07) is 35.7. The van der Waals surface area contributed by atoms with E-state index < -0.39 is 0 Å². The molecule has 0 saturated heterocycles. The van der Waals surface area contributed by atoms with Crippen molar-refractivity contribution in [1.82, 2.24) is 4.98 Å². The van der Waals surface area contributed by atoms with Gasteiger partial charge >= 0.3 is 211 Å². The standard InChI is InChI=1S/C31H22N.Bi/c1-20-17-30-27-13-7-5-11-25(27)23-9-3-4-10-24(23)26-12-6-8-14-28(26)31(30)19-29(20)22-15-16-32-21(2)18-22;/h3-15,17-19H,1-2H3;. The SMILES string of the molecule is Cc1cc(-c2cc3c(cc2C)-c2ccccc2-c2ccccc2-c2ccccc2-3)c[c]([Bi])n1. The minimum absolute atomic E-state index is 1.08. The van der Waals surface area contributed by atoms with E-state index in [2.05, 4.69) is 116 Å². The van der Waals surface area contributed by atoms with Crippen molar-refractivity contribution in [2.45, 2.75) is 13.8 Å². The van der Waals surface area contributed by atoms with Crippen LogP contribution in [0.15, 0.2) is 97.1 Å². The molecule has 2 heteroatoms. The number of hydrogen-bond donors (Lipinski definition) is 0. The molecule has 4 aromatic carbocycles. The van der Waals surface area contributed by atoms with E-state index in [1.807, 2.05) is 0 Å². The Hall–Kier alpha value is -3.09. The molecule has 1 nitrogen and oxygen atoms in total. The van der Waals surface area contributed by atoms with Crippen LogP contribution < -0.4 is 3.40 Å². The third-order valence-electron chi connectivity index (χ3n) is 6.56. The molecule has 0 unspecified atom stereocenters. The zero-order chi connectivity index (χ0) is 22.5. The molecule has 33 heavy (non-hydrogen) atoms. The van der Waals surface area contributed by atoms with E-state index in [1.54, 1.807) is 0 Å². The van der Waals surface area contributed by atoms with Gasteiger partial charge in [0, 0.05) is 0 Å². The van der Waals surface area contributed by atoms with Crippen LogP contribution in [0, 0.1) is 13.8 Å². The molecule has 0 aliphatic heterocycles. The first-order chi connectivity index (χ1) is 16.1. The summed E-state index contributed by atoms with van der Waals surface area (Å²) < 4.78 is 1.16. The van der Waals surface area contributed by atoms with E-state index in [0.29, 0.717) is 0 Å². The molecule has 0 bridgehead atoms. The van der Waals surface area contributed by atoms with Crippen LogP contribution in [0.3, 0.4) is 0 Å². The molecule has 0 fully saturated rings. The average molecular weight is 618 g/mol. The predicted octanol–water partition coefficient (Wildman–Crippen LogP) is 7.14. The topological polar surface area (TPSA) is 12.9 Å². The fraction of sp³-hybridized carbons (Fsp3) is 0.0645. The Balaban J connectivity index is 1.74. The molecule has 6 rings (SSSR count). The zero-order valence-corrected chi connectivity index (χ0v) is 22.1. The first kappa shape index (κ1) is 20.5. The Morgan fingerprint density at radius 2 is 0.909 bits per heavy atom. The summed E-state index contributed by atoms with van der Waals surface area (Å²) in [5.74, 6) is 0. The van der Waals surface area contributed by atoms with Gasteiger partial charge in [-0.15, -0.1) is 0 Å². The van der Waals surface area contributed by atoms with Crippen LogP contribution in [0.2, 0.25) is 0 Å². The zero-order valence-electron chi connectivity index (χ0n) is 18.6. The molecule has 2 radical (unpaired) electrons. The van der Waals surface area contributed by atoms with Gasteiger partial charge in [-0.05, 0) is 0 Å². The van der Waals surface area contributed by atoms with Gasteiger partial charge in [0.1, 0.15) is 0 Å². The van der Waals surface area contributed by atoms with Crippen molar-refractivity contribution in [2.75, 3.05) is 0 Å². The Morgan fingerprint density at radius 1 is 0.485 bits per heavy atom. The second kappa shape index (κ2) is 8.05. The second-order valence-corrected chi connectivity index (χ2v) is 10.5. The van der Waals surface area contributed by atoms with Crippen LogP contribution in [0.5, 0.6) is 0 Å². The van der Waals surface area contributed by atoms with Crippen LogP contribution in [-0.2, 0) is 0 Å². The number of nitrogens with zero attached hydrogens (tertiary/aromatic N) is 1. The number of fused-ring (bicyclic) bond motifs is 8. The van der Waals surface area contributed by atoms with Gasteiger partial charge in [-0.1, -0.05) is 0 Å². The van der Waals surface area contributed by atoms with Crippen molar-refractivity contribution >= 4 is 28.1 Å². The maximum absolute atomic E-state index is 4.64. The summed E-state index contributed by atoms with van der Waals surface area (Å²) in [7, 11) is 0. The third kappa shape index (κ3) is 3.45. The van der Waals surface area contributed by atoms with Crippen LogP contribution in [-0.4, -0.2) is 29.7 Å². The van der Waals surface area contributed by atoms with E-state index in [0.717, 1.165) is 9.10 Å². The molecular formula is C31H22BiN. The molecule has 5 aromatic rings. The molecular weight excluding hydrogens is 595 g/mol. The van der Waals surface area contributed by atoms with Crippen molar-refractivity contribution in [1.29, 1.82) is 0 Å². The van der Waals surface area contributed by atoms with E-state index in [1.165, 1.54) is 85.9 Å². The Bertz CT molecular complexity index is 1530. The molecule has 156 valence electrons. The summed E-state index contributed by atoms with van der Waals surface area (Å²) in [4.78, 5) is 4.64. The Morgan fingerprint density at radius 3 is 1.36 bits per heavy atom. The molecule has 0 N–H and O–H groups in total. The van der Waals surface area contributed by atoms with Crippen LogP contribution in [0.1, 0.15) is 11.3 Å². The van der Waals surface area contributed by atoms with Crippen LogP contribution >= 0.6 is 0 Å². The molecule has 0 atom stereocenters. The number of aromatic nitrogens is 1. The van der Waals surface area contributed by atoms with Gasteiger partial charge in [0.25, 0.3) is 0 Å². The fourth-order valence-corrected chi connectivity index (χ4v) is 6.28. The number of pyridine rings is 1. The Kier molecular flexibility index (Phi) is 5.00. The van der Waals surface area contributed by atoms with E-state index in [9.17, 15) is 0 Å². The summed E-state index contributed by atoms with van der Waals surface area (Å²) in [6.07, 6.45) is 0. The summed E-state index contributed by atoms with van der Waals surface area (Å²) >= 11 is 1.17. The van der Waals surface area contributed by atoms with Crippen molar-refractivity contribution in [2.24, 2.45) is 0 Å². The predicted molar refractivity (Wildman–Crippen MR) is 140 cm³/mol. The van der Waals surface area contributed by atoms with Gasteiger partial charge in [0.2, 0.25) is 0 Å². The van der Waals surface area contributed by atoms with Crippen molar-refractivity contribution in [3.8, 4) is 55.6 Å². The molecule has 1 heterocycles. The first-order valence-electron chi connectivity index (χ1n) is 11.2. The summed E-state index contributed by atoms with van der Waals surface area (Å²) in [5, 5.41) is 0. The number of hydrogen-bond acceptors (Lipinski definition) is 1.